The Hall–Kier alpha value is -2.96. The molecule has 0 aliphatic carbocycles. The Bertz CT molecular complexity index is 992. The highest BCUT2D eigenvalue weighted by molar-refractivity contribution is 5.76. The van der Waals surface area contributed by atoms with Gasteiger partial charge in [-0.05, 0) is 19.5 Å². The number of benzene rings is 2. The van der Waals surface area contributed by atoms with Crippen molar-refractivity contribution in [1.82, 2.24) is 20.1 Å². The van der Waals surface area contributed by atoms with Crippen LogP contribution in [0.25, 0.3) is 11.3 Å². The first kappa shape index (κ1) is 22.2. The zero-order valence-corrected chi connectivity index (χ0v) is 19.0. The van der Waals surface area contributed by atoms with Crippen LogP contribution in [0.5, 0.6) is 0 Å². The molecular formula is C26H32N4O2. The van der Waals surface area contributed by atoms with Gasteiger partial charge < -0.3 is 14.6 Å². The van der Waals surface area contributed by atoms with E-state index in [0.29, 0.717) is 18.7 Å². The molecule has 1 aliphatic heterocycles. The molecule has 3 aromatic rings. The number of hydrogen-bond donors (Lipinski definition) is 1. The summed E-state index contributed by atoms with van der Waals surface area (Å²) in [7, 11) is 2.15. The molecule has 1 atom stereocenters. The topological polar surface area (TPSA) is 61.6 Å². The number of rotatable bonds is 8. The first-order chi connectivity index (χ1) is 15.6. The van der Waals surface area contributed by atoms with Gasteiger partial charge in [0.15, 0.2) is 11.7 Å². The van der Waals surface area contributed by atoms with Crippen molar-refractivity contribution in [3.63, 3.8) is 0 Å². The first-order valence-electron chi connectivity index (χ1n) is 11.3. The minimum Gasteiger partial charge on any atom is -0.441 e. The van der Waals surface area contributed by atoms with Gasteiger partial charge in [0.1, 0.15) is 0 Å². The van der Waals surface area contributed by atoms with Crippen LogP contribution in [0.2, 0.25) is 0 Å². The molecule has 2 aromatic carbocycles. The lowest BCUT2D eigenvalue weighted by atomic mass is 10.1. The van der Waals surface area contributed by atoms with Gasteiger partial charge in [0, 0.05) is 51.1 Å². The number of likely N-dealkylation sites (N-methyl/N-ethyl adjacent to an activating group) is 1. The van der Waals surface area contributed by atoms with Gasteiger partial charge in [-0.15, -0.1) is 0 Å². The lowest BCUT2D eigenvalue weighted by molar-refractivity contribution is -0.122. The summed E-state index contributed by atoms with van der Waals surface area (Å²) in [6.07, 6.45) is 2.56. The molecule has 4 rings (SSSR count). The third kappa shape index (κ3) is 6.05. The summed E-state index contributed by atoms with van der Waals surface area (Å²) in [5.74, 6) is 1.34. The van der Waals surface area contributed by atoms with Crippen molar-refractivity contribution in [3.8, 4) is 11.3 Å². The van der Waals surface area contributed by atoms with Gasteiger partial charge in [0.2, 0.25) is 5.91 Å². The number of piperazine rings is 1. The number of carbonyl (C=O) groups excluding carboxylic acids is 1. The van der Waals surface area contributed by atoms with E-state index in [0.717, 1.165) is 49.6 Å². The van der Waals surface area contributed by atoms with E-state index >= 15 is 0 Å². The molecule has 6 nitrogen and oxygen atoms in total. The molecule has 32 heavy (non-hydrogen) atoms. The number of nitrogens with zero attached hydrogens (tertiary/aromatic N) is 3. The number of carbonyl (C=O) groups is 1. The van der Waals surface area contributed by atoms with Crippen LogP contribution in [0.15, 0.2) is 65.2 Å². The Labute approximate surface area is 190 Å². The molecule has 0 radical (unpaired) electrons. The highest BCUT2D eigenvalue weighted by Gasteiger charge is 2.21. The Morgan fingerprint density at radius 2 is 1.78 bits per heavy atom. The second-order valence-corrected chi connectivity index (χ2v) is 8.62. The van der Waals surface area contributed by atoms with E-state index in [1.54, 1.807) is 6.20 Å². The lowest BCUT2D eigenvalue weighted by Gasteiger charge is -2.35. The van der Waals surface area contributed by atoms with Gasteiger partial charge >= 0.3 is 0 Å². The molecule has 1 aliphatic rings. The molecule has 1 aromatic heterocycles. The summed E-state index contributed by atoms with van der Waals surface area (Å²) >= 11 is 0. The van der Waals surface area contributed by atoms with Crippen molar-refractivity contribution in [3.05, 3.63) is 77.8 Å². The monoisotopic (exact) mass is 432 g/mol. The smallest absolute Gasteiger partial charge is 0.221 e. The van der Waals surface area contributed by atoms with Crippen molar-refractivity contribution < 1.29 is 9.21 Å². The van der Waals surface area contributed by atoms with Crippen molar-refractivity contribution in [2.24, 2.45) is 0 Å². The van der Waals surface area contributed by atoms with Crippen molar-refractivity contribution in [2.75, 3.05) is 39.8 Å². The molecule has 0 saturated carbocycles. The van der Waals surface area contributed by atoms with E-state index < -0.39 is 0 Å². The van der Waals surface area contributed by atoms with Gasteiger partial charge in [-0.3, -0.25) is 9.69 Å². The molecule has 1 fully saturated rings. The largest absolute Gasteiger partial charge is 0.441 e. The molecule has 1 amide bonds. The van der Waals surface area contributed by atoms with E-state index in [2.05, 4.69) is 58.3 Å². The van der Waals surface area contributed by atoms with Crippen LogP contribution >= 0.6 is 0 Å². The van der Waals surface area contributed by atoms with E-state index in [-0.39, 0.29) is 11.9 Å². The second-order valence-electron chi connectivity index (χ2n) is 8.62. The first-order valence-corrected chi connectivity index (χ1v) is 11.3. The van der Waals surface area contributed by atoms with Gasteiger partial charge in [-0.25, -0.2) is 4.98 Å². The van der Waals surface area contributed by atoms with Crippen molar-refractivity contribution in [2.45, 2.75) is 25.8 Å². The number of aromatic nitrogens is 1. The van der Waals surface area contributed by atoms with Crippen LogP contribution in [-0.4, -0.2) is 60.5 Å². The summed E-state index contributed by atoms with van der Waals surface area (Å²) in [4.78, 5) is 21.9. The van der Waals surface area contributed by atoms with Gasteiger partial charge in [-0.2, -0.15) is 0 Å². The SMILES string of the molecule is Cc1ccc(-c2cnc(CCC(=O)NC(CN3CCN(C)CC3)c3ccccc3)o2)cc1. The van der Waals surface area contributed by atoms with E-state index in [1.807, 2.05) is 30.3 Å². The Balaban J connectivity index is 1.34. The van der Waals surface area contributed by atoms with Crippen LogP contribution < -0.4 is 5.32 Å². The fourth-order valence-corrected chi connectivity index (χ4v) is 3.97. The average Bonchev–Trinajstić information content (AvgIpc) is 3.29. The number of hydrogen-bond acceptors (Lipinski definition) is 5. The third-order valence-corrected chi connectivity index (χ3v) is 6.03. The van der Waals surface area contributed by atoms with Crippen molar-refractivity contribution >= 4 is 5.91 Å². The van der Waals surface area contributed by atoms with Crippen molar-refractivity contribution in [1.29, 1.82) is 0 Å². The van der Waals surface area contributed by atoms with E-state index in [1.165, 1.54) is 5.56 Å². The van der Waals surface area contributed by atoms with Gasteiger partial charge in [0.25, 0.3) is 0 Å². The predicted molar refractivity (Wildman–Crippen MR) is 126 cm³/mol. The molecule has 1 saturated heterocycles. The summed E-state index contributed by atoms with van der Waals surface area (Å²) < 4.78 is 5.88. The standard InChI is InChI=1S/C26H32N4O2/c1-20-8-10-22(11-9-20)24-18-27-26(32-24)13-12-25(31)28-23(21-6-4-3-5-7-21)19-30-16-14-29(2)15-17-30/h3-11,18,23H,12-17,19H2,1-2H3,(H,28,31). The molecular weight excluding hydrogens is 400 g/mol. The number of oxazole rings is 1. The molecule has 0 bridgehead atoms. The summed E-state index contributed by atoms with van der Waals surface area (Å²) in [5, 5.41) is 3.24. The minimum atomic E-state index is -0.0280. The lowest BCUT2D eigenvalue weighted by Crippen LogP contribution is -2.47. The molecule has 168 valence electrons. The predicted octanol–water partition coefficient (Wildman–Crippen LogP) is 3.69. The van der Waals surface area contributed by atoms with E-state index in [9.17, 15) is 4.79 Å². The van der Waals surface area contributed by atoms with Crippen LogP contribution in [0, 0.1) is 6.92 Å². The average molecular weight is 433 g/mol. The second kappa shape index (κ2) is 10.6. The van der Waals surface area contributed by atoms with Crippen LogP contribution in [0.4, 0.5) is 0 Å². The van der Waals surface area contributed by atoms with Crippen LogP contribution in [0.3, 0.4) is 0 Å². The summed E-state index contributed by atoms with van der Waals surface area (Å²) in [6.45, 7) is 7.04. The minimum absolute atomic E-state index is 0.0167. The fraction of sp³-hybridized carbons (Fsp3) is 0.385. The molecule has 0 spiro atoms. The van der Waals surface area contributed by atoms with Crippen LogP contribution in [0.1, 0.15) is 29.5 Å². The van der Waals surface area contributed by atoms with Gasteiger partial charge in [0.05, 0.1) is 12.2 Å². The number of amides is 1. The van der Waals surface area contributed by atoms with Crippen LogP contribution in [-0.2, 0) is 11.2 Å². The van der Waals surface area contributed by atoms with Gasteiger partial charge in [-0.1, -0.05) is 60.2 Å². The quantitative estimate of drug-likeness (QED) is 0.588. The fourth-order valence-electron chi connectivity index (χ4n) is 3.97. The molecule has 6 heteroatoms. The zero-order chi connectivity index (χ0) is 22.3. The summed E-state index contributed by atoms with van der Waals surface area (Å²) in [5.41, 5.74) is 3.34. The Morgan fingerprint density at radius 1 is 1.06 bits per heavy atom. The Morgan fingerprint density at radius 3 is 2.50 bits per heavy atom. The third-order valence-electron chi connectivity index (χ3n) is 6.03. The maximum Gasteiger partial charge on any atom is 0.221 e. The summed E-state index contributed by atoms with van der Waals surface area (Å²) in [6, 6.07) is 18.3. The Kier molecular flexibility index (Phi) is 7.35. The normalized spacial score (nSPS) is 16.1. The maximum absolute atomic E-state index is 12.8. The number of aryl methyl sites for hydroxylation is 2. The molecule has 2 heterocycles. The van der Waals surface area contributed by atoms with E-state index in [4.69, 9.17) is 4.42 Å². The zero-order valence-electron chi connectivity index (χ0n) is 19.0. The molecule has 1 unspecified atom stereocenters. The maximum atomic E-state index is 12.8. The number of nitrogens with one attached hydrogen (secondary N) is 1. The molecule has 1 N–H and O–H groups in total. The highest BCUT2D eigenvalue weighted by Crippen LogP contribution is 2.21. The highest BCUT2D eigenvalue weighted by atomic mass is 16.4.